The molecule has 1 aromatic carbocycles. The number of nitrogens with zero attached hydrogens (tertiary/aromatic N) is 1. The second kappa shape index (κ2) is 4.53. The first-order valence-electron chi connectivity index (χ1n) is 5.28. The van der Waals surface area contributed by atoms with Gasteiger partial charge in [0.25, 0.3) is 5.91 Å². The van der Waals surface area contributed by atoms with E-state index in [2.05, 4.69) is 0 Å². The van der Waals surface area contributed by atoms with Crippen molar-refractivity contribution in [2.24, 2.45) is 0 Å². The molecule has 17 heavy (non-hydrogen) atoms. The molecule has 0 bridgehead atoms. The van der Waals surface area contributed by atoms with Crippen LogP contribution in [0.5, 0.6) is 0 Å². The van der Waals surface area contributed by atoms with Crippen LogP contribution in [0.2, 0.25) is 0 Å². The lowest BCUT2D eigenvalue weighted by Crippen LogP contribution is -2.34. The number of carbonyl (C=O) groups excluding carboxylic acids is 1. The number of amides is 1. The number of hydrogen-bond acceptors (Lipinski definition) is 2. The van der Waals surface area contributed by atoms with E-state index in [4.69, 9.17) is 5.73 Å². The fourth-order valence-electron chi connectivity index (χ4n) is 1.73. The van der Waals surface area contributed by atoms with Crippen LogP contribution in [-0.4, -0.2) is 23.9 Å². The Morgan fingerprint density at radius 3 is 2.65 bits per heavy atom. The molecule has 0 aromatic heterocycles. The fraction of sp³-hybridized carbons (Fsp3) is 0.250. The van der Waals surface area contributed by atoms with Crippen molar-refractivity contribution < 1.29 is 13.6 Å². The second-order valence-corrected chi connectivity index (χ2v) is 3.86. The molecule has 0 spiro atoms. The Hall–Kier alpha value is -1.91. The number of nitrogen functional groups attached to an aromatic ring is 1. The predicted molar refractivity (Wildman–Crippen MR) is 60.4 cm³/mol. The summed E-state index contributed by atoms with van der Waals surface area (Å²) in [6.45, 7) is 0.974. The summed E-state index contributed by atoms with van der Waals surface area (Å²) in [6, 6.07) is 1.69. The van der Waals surface area contributed by atoms with Crippen LogP contribution in [0.1, 0.15) is 16.8 Å². The zero-order chi connectivity index (χ0) is 12.4. The van der Waals surface area contributed by atoms with Crippen molar-refractivity contribution in [3.8, 4) is 0 Å². The lowest BCUT2D eigenvalue weighted by molar-refractivity contribution is 0.0766. The highest BCUT2D eigenvalue weighted by Gasteiger charge is 2.20. The highest BCUT2D eigenvalue weighted by molar-refractivity contribution is 5.95. The predicted octanol–water partition coefficient (Wildman–Crippen LogP) is 1.95. The Morgan fingerprint density at radius 1 is 1.24 bits per heavy atom. The van der Waals surface area contributed by atoms with Gasteiger partial charge in [0, 0.05) is 19.2 Å². The van der Waals surface area contributed by atoms with Crippen LogP contribution < -0.4 is 5.73 Å². The molecule has 0 radical (unpaired) electrons. The molecule has 0 aliphatic carbocycles. The van der Waals surface area contributed by atoms with Gasteiger partial charge in [-0.15, -0.1) is 0 Å². The van der Waals surface area contributed by atoms with E-state index in [1.807, 2.05) is 12.2 Å². The van der Waals surface area contributed by atoms with E-state index in [0.29, 0.717) is 19.2 Å². The van der Waals surface area contributed by atoms with Crippen molar-refractivity contribution in [2.45, 2.75) is 6.42 Å². The molecule has 0 fully saturated rings. The van der Waals surface area contributed by atoms with Gasteiger partial charge in [-0.2, -0.15) is 0 Å². The average molecular weight is 238 g/mol. The van der Waals surface area contributed by atoms with Crippen LogP contribution in [0.3, 0.4) is 0 Å². The van der Waals surface area contributed by atoms with Crippen molar-refractivity contribution in [3.05, 3.63) is 41.5 Å². The number of rotatable bonds is 1. The van der Waals surface area contributed by atoms with Crippen LogP contribution in [0.4, 0.5) is 14.5 Å². The summed E-state index contributed by atoms with van der Waals surface area (Å²) in [5.41, 5.74) is 4.93. The minimum Gasteiger partial charge on any atom is -0.396 e. The maximum Gasteiger partial charge on any atom is 0.257 e. The summed E-state index contributed by atoms with van der Waals surface area (Å²) in [7, 11) is 0. The SMILES string of the molecule is Nc1cc(C(=O)N2CC=CCC2)c(F)cc1F. The van der Waals surface area contributed by atoms with E-state index in [1.54, 1.807) is 0 Å². The highest BCUT2D eigenvalue weighted by Crippen LogP contribution is 2.19. The maximum atomic E-state index is 13.5. The minimum absolute atomic E-state index is 0.181. The van der Waals surface area contributed by atoms with Crippen LogP contribution in [0, 0.1) is 11.6 Å². The Morgan fingerprint density at radius 2 is 2.00 bits per heavy atom. The summed E-state index contributed by atoms with van der Waals surface area (Å²) in [6.07, 6.45) is 4.54. The van der Waals surface area contributed by atoms with Crippen molar-refractivity contribution in [1.82, 2.24) is 4.90 Å². The number of hydrogen-bond donors (Lipinski definition) is 1. The first-order chi connectivity index (χ1) is 8.09. The molecule has 0 saturated heterocycles. The summed E-state index contributed by atoms with van der Waals surface area (Å²) in [5.74, 6) is -2.19. The zero-order valence-corrected chi connectivity index (χ0v) is 9.12. The van der Waals surface area contributed by atoms with E-state index in [9.17, 15) is 13.6 Å². The van der Waals surface area contributed by atoms with Crippen molar-refractivity contribution in [3.63, 3.8) is 0 Å². The van der Waals surface area contributed by atoms with Crippen LogP contribution >= 0.6 is 0 Å². The minimum atomic E-state index is -0.878. The van der Waals surface area contributed by atoms with E-state index in [-0.39, 0.29) is 11.3 Å². The molecule has 0 atom stereocenters. The fourth-order valence-corrected chi connectivity index (χ4v) is 1.73. The van der Waals surface area contributed by atoms with Gasteiger partial charge in [0.1, 0.15) is 11.6 Å². The molecule has 5 heteroatoms. The quantitative estimate of drug-likeness (QED) is 0.600. The second-order valence-electron chi connectivity index (χ2n) is 3.86. The molecular formula is C12H12F2N2O. The first kappa shape index (κ1) is 11.6. The molecule has 1 amide bonds. The Kier molecular flexibility index (Phi) is 3.08. The molecule has 2 rings (SSSR count). The van der Waals surface area contributed by atoms with E-state index in [1.165, 1.54) is 4.90 Å². The lowest BCUT2D eigenvalue weighted by atomic mass is 10.1. The van der Waals surface area contributed by atoms with Gasteiger partial charge in [-0.1, -0.05) is 12.2 Å². The Labute approximate surface area is 97.5 Å². The molecule has 1 aromatic rings. The number of anilines is 1. The summed E-state index contributed by atoms with van der Waals surface area (Å²) >= 11 is 0. The molecular weight excluding hydrogens is 226 g/mol. The third kappa shape index (κ3) is 2.27. The monoisotopic (exact) mass is 238 g/mol. The molecule has 1 heterocycles. The molecule has 2 N–H and O–H groups in total. The Bertz CT molecular complexity index is 486. The standard InChI is InChI=1S/C12H12F2N2O/c13-9-7-10(14)11(15)6-8(9)12(17)16-4-2-1-3-5-16/h1-2,6-7H,3-5,15H2. The lowest BCUT2D eigenvalue weighted by Gasteiger charge is -2.23. The molecule has 1 aliphatic heterocycles. The summed E-state index contributed by atoms with van der Waals surface area (Å²) in [5, 5.41) is 0. The van der Waals surface area contributed by atoms with E-state index >= 15 is 0 Å². The van der Waals surface area contributed by atoms with Crippen LogP contribution in [0.25, 0.3) is 0 Å². The van der Waals surface area contributed by atoms with Gasteiger partial charge in [0.05, 0.1) is 11.3 Å². The Balaban J connectivity index is 2.30. The third-order valence-corrected chi connectivity index (χ3v) is 2.66. The zero-order valence-electron chi connectivity index (χ0n) is 9.12. The molecule has 1 aliphatic rings. The van der Waals surface area contributed by atoms with E-state index in [0.717, 1.165) is 12.5 Å². The number of carbonyl (C=O) groups is 1. The van der Waals surface area contributed by atoms with E-state index < -0.39 is 17.5 Å². The average Bonchev–Trinajstić information content (AvgIpc) is 2.34. The van der Waals surface area contributed by atoms with Crippen LogP contribution in [0.15, 0.2) is 24.3 Å². The van der Waals surface area contributed by atoms with Gasteiger partial charge >= 0.3 is 0 Å². The maximum absolute atomic E-state index is 13.5. The van der Waals surface area contributed by atoms with Gasteiger partial charge < -0.3 is 10.6 Å². The molecule has 0 saturated carbocycles. The van der Waals surface area contributed by atoms with Gasteiger partial charge in [-0.25, -0.2) is 8.78 Å². The normalized spacial score (nSPS) is 15.1. The molecule has 3 nitrogen and oxygen atoms in total. The smallest absolute Gasteiger partial charge is 0.257 e. The number of halogens is 2. The van der Waals surface area contributed by atoms with Gasteiger partial charge in [-0.05, 0) is 12.5 Å². The highest BCUT2D eigenvalue weighted by atomic mass is 19.1. The van der Waals surface area contributed by atoms with Crippen LogP contribution in [-0.2, 0) is 0 Å². The first-order valence-corrected chi connectivity index (χ1v) is 5.28. The summed E-state index contributed by atoms with van der Waals surface area (Å²) < 4.78 is 26.4. The molecule has 0 unspecified atom stereocenters. The van der Waals surface area contributed by atoms with Crippen molar-refractivity contribution in [2.75, 3.05) is 18.8 Å². The number of benzene rings is 1. The van der Waals surface area contributed by atoms with Gasteiger partial charge in [0.15, 0.2) is 0 Å². The summed E-state index contributed by atoms with van der Waals surface area (Å²) in [4.78, 5) is 13.5. The molecule has 90 valence electrons. The van der Waals surface area contributed by atoms with Gasteiger partial charge in [0.2, 0.25) is 0 Å². The third-order valence-electron chi connectivity index (χ3n) is 2.66. The largest absolute Gasteiger partial charge is 0.396 e. The topological polar surface area (TPSA) is 46.3 Å². The van der Waals surface area contributed by atoms with Crippen molar-refractivity contribution >= 4 is 11.6 Å². The van der Waals surface area contributed by atoms with Crippen molar-refractivity contribution in [1.29, 1.82) is 0 Å². The van der Waals surface area contributed by atoms with Gasteiger partial charge in [-0.3, -0.25) is 4.79 Å². The number of nitrogens with two attached hydrogens (primary N) is 1.